The Hall–Kier alpha value is -0.0800. The van der Waals surface area contributed by atoms with Crippen molar-refractivity contribution >= 4 is 0 Å². The van der Waals surface area contributed by atoms with Gasteiger partial charge in [-0.1, -0.05) is 27.2 Å². The summed E-state index contributed by atoms with van der Waals surface area (Å²) in [6, 6.07) is 0. The predicted octanol–water partition coefficient (Wildman–Crippen LogP) is 1.92. The highest BCUT2D eigenvalue weighted by Crippen LogP contribution is 2.06. The van der Waals surface area contributed by atoms with Gasteiger partial charge in [-0.05, 0) is 33.1 Å². The van der Waals surface area contributed by atoms with Gasteiger partial charge in [0.2, 0.25) is 0 Å². The van der Waals surface area contributed by atoms with Crippen molar-refractivity contribution in [2.24, 2.45) is 5.92 Å². The molecule has 0 N–H and O–H groups in total. The molecule has 0 rings (SSSR count). The summed E-state index contributed by atoms with van der Waals surface area (Å²) in [5.41, 5.74) is 0. The minimum atomic E-state index is 0.829. The molecule has 0 amide bonds. The summed E-state index contributed by atoms with van der Waals surface area (Å²) < 4.78 is 0. The van der Waals surface area contributed by atoms with E-state index in [1.165, 1.54) is 19.5 Å². The van der Waals surface area contributed by atoms with E-state index in [1.54, 1.807) is 0 Å². The highest BCUT2D eigenvalue weighted by molar-refractivity contribution is 4.65. The normalized spacial score (nSPS) is 12.0. The molecule has 13 heavy (non-hydrogen) atoms. The van der Waals surface area contributed by atoms with E-state index >= 15 is 0 Å². The Morgan fingerprint density at radius 3 is 1.46 bits per heavy atom. The van der Waals surface area contributed by atoms with Crippen LogP contribution in [0.4, 0.5) is 0 Å². The number of hydrogen-bond donors (Lipinski definition) is 0. The maximum atomic E-state index is 2.40. The average molecular weight is 186 g/mol. The molecular weight excluding hydrogens is 160 g/mol. The summed E-state index contributed by atoms with van der Waals surface area (Å²) in [5, 5.41) is 0. The predicted molar refractivity (Wildman–Crippen MR) is 60.1 cm³/mol. The zero-order valence-electron chi connectivity index (χ0n) is 10.0. The molecule has 2 heteroatoms. The largest absolute Gasteiger partial charge is 0.306 e. The van der Waals surface area contributed by atoms with Crippen LogP contribution in [0.2, 0.25) is 0 Å². The summed E-state index contributed by atoms with van der Waals surface area (Å²) >= 11 is 0. The SMILES string of the molecule is CCC(CN(C)CC)CN(C)CC. The van der Waals surface area contributed by atoms with Gasteiger partial charge in [0.05, 0.1) is 0 Å². The van der Waals surface area contributed by atoms with Crippen LogP contribution in [0.3, 0.4) is 0 Å². The Labute approximate surface area is 83.9 Å². The first-order chi connectivity index (χ1) is 6.13. The number of rotatable bonds is 7. The summed E-state index contributed by atoms with van der Waals surface area (Å²) in [6.45, 7) is 11.5. The fourth-order valence-corrected chi connectivity index (χ4v) is 1.46. The average Bonchev–Trinajstić information content (AvgIpc) is 2.16. The van der Waals surface area contributed by atoms with Gasteiger partial charge in [0.15, 0.2) is 0 Å². The van der Waals surface area contributed by atoms with E-state index in [2.05, 4.69) is 44.7 Å². The lowest BCUT2D eigenvalue weighted by molar-refractivity contribution is 0.220. The van der Waals surface area contributed by atoms with Crippen molar-refractivity contribution in [3.8, 4) is 0 Å². The Morgan fingerprint density at radius 1 is 0.846 bits per heavy atom. The van der Waals surface area contributed by atoms with E-state index in [1.807, 2.05) is 0 Å². The smallest absolute Gasteiger partial charge is 0.00186 e. The van der Waals surface area contributed by atoms with E-state index < -0.39 is 0 Å². The van der Waals surface area contributed by atoms with Crippen molar-refractivity contribution in [1.29, 1.82) is 0 Å². The third kappa shape index (κ3) is 6.05. The van der Waals surface area contributed by atoms with E-state index in [9.17, 15) is 0 Å². The molecule has 2 nitrogen and oxygen atoms in total. The van der Waals surface area contributed by atoms with E-state index in [0.29, 0.717) is 0 Å². The van der Waals surface area contributed by atoms with Gasteiger partial charge in [-0.15, -0.1) is 0 Å². The topological polar surface area (TPSA) is 6.48 Å². The zero-order valence-corrected chi connectivity index (χ0v) is 10.0. The van der Waals surface area contributed by atoms with E-state index in [4.69, 9.17) is 0 Å². The molecular formula is C11H26N2. The molecule has 0 aromatic rings. The molecule has 0 aromatic heterocycles. The van der Waals surface area contributed by atoms with Crippen molar-refractivity contribution in [1.82, 2.24) is 9.80 Å². The first kappa shape index (κ1) is 12.9. The highest BCUT2D eigenvalue weighted by atomic mass is 15.1. The minimum absolute atomic E-state index is 0.829. The quantitative estimate of drug-likeness (QED) is 0.599. The van der Waals surface area contributed by atoms with Gasteiger partial charge in [0, 0.05) is 13.1 Å². The van der Waals surface area contributed by atoms with E-state index in [0.717, 1.165) is 19.0 Å². The van der Waals surface area contributed by atoms with Crippen LogP contribution in [0.15, 0.2) is 0 Å². The van der Waals surface area contributed by atoms with Crippen molar-refractivity contribution in [3.05, 3.63) is 0 Å². The van der Waals surface area contributed by atoms with Crippen LogP contribution in [0.5, 0.6) is 0 Å². The molecule has 0 aliphatic heterocycles. The second kappa shape index (κ2) is 7.34. The lowest BCUT2D eigenvalue weighted by Gasteiger charge is -2.25. The molecule has 0 atom stereocenters. The molecule has 0 aliphatic carbocycles. The van der Waals surface area contributed by atoms with Crippen LogP contribution in [0, 0.1) is 5.92 Å². The molecule has 0 bridgehead atoms. The summed E-state index contributed by atoms with van der Waals surface area (Å²) in [7, 11) is 4.41. The van der Waals surface area contributed by atoms with Gasteiger partial charge < -0.3 is 9.80 Å². The molecule has 0 radical (unpaired) electrons. The molecule has 0 aromatic carbocycles. The van der Waals surface area contributed by atoms with Gasteiger partial charge >= 0.3 is 0 Å². The summed E-state index contributed by atoms with van der Waals surface area (Å²) in [5.74, 6) is 0.829. The second-order valence-corrected chi connectivity index (χ2v) is 3.98. The molecule has 80 valence electrons. The maximum absolute atomic E-state index is 2.40. The number of nitrogens with zero attached hydrogens (tertiary/aromatic N) is 2. The summed E-state index contributed by atoms with van der Waals surface area (Å²) in [4.78, 5) is 4.80. The Balaban J connectivity index is 3.74. The van der Waals surface area contributed by atoms with Crippen molar-refractivity contribution in [3.63, 3.8) is 0 Å². The number of hydrogen-bond acceptors (Lipinski definition) is 2. The van der Waals surface area contributed by atoms with E-state index in [-0.39, 0.29) is 0 Å². The maximum Gasteiger partial charge on any atom is 0.00186 e. The molecule has 0 heterocycles. The molecule has 0 unspecified atom stereocenters. The van der Waals surface area contributed by atoms with Crippen LogP contribution in [0.25, 0.3) is 0 Å². The van der Waals surface area contributed by atoms with Crippen molar-refractivity contribution < 1.29 is 0 Å². The molecule has 0 saturated carbocycles. The molecule has 0 aliphatic rings. The van der Waals surface area contributed by atoms with Crippen molar-refractivity contribution in [2.45, 2.75) is 27.2 Å². The second-order valence-electron chi connectivity index (χ2n) is 3.98. The Bertz CT molecular complexity index is 103. The molecule has 0 fully saturated rings. The standard InChI is InChI=1S/C11H26N2/c1-6-11(9-12(4)7-2)10-13(5)8-3/h11H,6-10H2,1-5H3. The minimum Gasteiger partial charge on any atom is -0.306 e. The van der Waals surface area contributed by atoms with Gasteiger partial charge in [0.25, 0.3) is 0 Å². The highest BCUT2D eigenvalue weighted by Gasteiger charge is 2.10. The molecule has 0 spiro atoms. The molecule has 0 saturated heterocycles. The lowest BCUT2D eigenvalue weighted by atomic mass is 10.1. The fraction of sp³-hybridized carbons (Fsp3) is 1.00. The van der Waals surface area contributed by atoms with Gasteiger partial charge in [-0.2, -0.15) is 0 Å². The van der Waals surface area contributed by atoms with Crippen LogP contribution >= 0.6 is 0 Å². The fourth-order valence-electron chi connectivity index (χ4n) is 1.46. The Morgan fingerprint density at radius 2 is 1.23 bits per heavy atom. The lowest BCUT2D eigenvalue weighted by Crippen LogP contribution is -2.33. The third-order valence-corrected chi connectivity index (χ3v) is 2.80. The van der Waals surface area contributed by atoms with Crippen LogP contribution in [0.1, 0.15) is 27.2 Å². The Kier molecular flexibility index (Phi) is 7.29. The monoisotopic (exact) mass is 186 g/mol. The third-order valence-electron chi connectivity index (χ3n) is 2.80. The summed E-state index contributed by atoms with van der Waals surface area (Å²) in [6.07, 6.45) is 1.29. The zero-order chi connectivity index (χ0) is 10.3. The first-order valence-corrected chi connectivity index (χ1v) is 5.51. The van der Waals surface area contributed by atoms with Crippen molar-refractivity contribution in [2.75, 3.05) is 40.3 Å². The van der Waals surface area contributed by atoms with Crippen LogP contribution in [-0.2, 0) is 0 Å². The van der Waals surface area contributed by atoms with Gasteiger partial charge in [-0.25, -0.2) is 0 Å². The van der Waals surface area contributed by atoms with Gasteiger partial charge in [0.1, 0.15) is 0 Å². The van der Waals surface area contributed by atoms with Crippen LogP contribution < -0.4 is 0 Å². The first-order valence-electron chi connectivity index (χ1n) is 5.51. The van der Waals surface area contributed by atoms with Crippen LogP contribution in [-0.4, -0.2) is 50.1 Å². The van der Waals surface area contributed by atoms with Gasteiger partial charge in [-0.3, -0.25) is 0 Å².